The number of hydrogen-bond acceptors (Lipinski definition) is 5. The monoisotopic (exact) mass is 549 g/mol. The summed E-state index contributed by atoms with van der Waals surface area (Å²) in [5.41, 5.74) is 0.866. The fourth-order valence-electron chi connectivity index (χ4n) is 2.96. The molecule has 0 heterocycles. The Labute approximate surface area is 206 Å². The fourth-order valence-corrected chi connectivity index (χ4v) is 5.03. The molecule has 172 valence electrons. The molecule has 0 saturated heterocycles. The molecule has 0 saturated carbocycles. The lowest BCUT2D eigenvalue weighted by Gasteiger charge is -2.21. The maximum Gasteiger partial charge on any atom is 0.271 e. The van der Waals surface area contributed by atoms with Crippen molar-refractivity contribution in [2.75, 3.05) is 18.0 Å². The van der Waals surface area contributed by atoms with E-state index in [9.17, 15) is 13.2 Å². The number of anilines is 1. The Bertz CT molecular complexity index is 1260. The second-order valence-electron chi connectivity index (χ2n) is 6.72. The summed E-state index contributed by atoms with van der Waals surface area (Å²) < 4.78 is 38.9. The summed E-state index contributed by atoms with van der Waals surface area (Å²) in [6.07, 6.45) is 2.74. The average molecular weight is 551 g/mol. The van der Waals surface area contributed by atoms with Gasteiger partial charge in [0, 0.05) is 11.1 Å². The molecule has 9 heteroatoms. The smallest absolute Gasteiger partial charge is 0.271 e. The lowest BCUT2D eigenvalue weighted by Crippen LogP contribution is -2.35. The van der Waals surface area contributed by atoms with Crippen molar-refractivity contribution in [3.63, 3.8) is 0 Å². The fraction of sp³-hybridized carbons (Fsp3) is 0.125. The number of methoxy groups -OCH3 is 1. The van der Waals surface area contributed by atoms with E-state index in [1.165, 1.54) is 48.6 Å². The van der Waals surface area contributed by atoms with Gasteiger partial charge in [0.2, 0.25) is 0 Å². The second kappa shape index (κ2) is 10.9. The van der Waals surface area contributed by atoms with Crippen LogP contribution in [0.1, 0.15) is 12.5 Å². The van der Waals surface area contributed by atoms with Crippen molar-refractivity contribution in [1.29, 1.82) is 0 Å². The zero-order valence-electron chi connectivity index (χ0n) is 17.9. The number of ether oxygens (including phenoxy) is 2. The van der Waals surface area contributed by atoms with Crippen LogP contribution in [0.3, 0.4) is 0 Å². The average Bonchev–Trinajstić information content (AvgIpc) is 2.79. The first-order valence-electron chi connectivity index (χ1n) is 9.85. The van der Waals surface area contributed by atoms with Crippen molar-refractivity contribution in [2.24, 2.45) is 0 Å². The minimum Gasteiger partial charge on any atom is -0.496 e. The molecule has 3 aromatic rings. The van der Waals surface area contributed by atoms with E-state index >= 15 is 0 Å². The van der Waals surface area contributed by atoms with Crippen molar-refractivity contribution >= 4 is 55.2 Å². The molecule has 0 spiro atoms. The van der Waals surface area contributed by atoms with E-state index in [2.05, 4.69) is 15.9 Å². The predicted molar refractivity (Wildman–Crippen MR) is 133 cm³/mol. The Morgan fingerprint density at radius 3 is 2.30 bits per heavy atom. The highest BCUT2D eigenvalue weighted by Crippen LogP contribution is 2.28. The third kappa shape index (κ3) is 5.96. The molecule has 6 nitrogen and oxygen atoms in total. The molecule has 0 fully saturated rings. The van der Waals surface area contributed by atoms with Gasteiger partial charge in [-0.3, -0.25) is 4.79 Å². The Kier molecular flexibility index (Phi) is 8.18. The molecule has 33 heavy (non-hydrogen) atoms. The number of halogens is 2. The zero-order chi connectivity index (χ0) is 24.0. The normalized spacial score (nSPS) is 11.4. The number of amides is 1. The van der Waals surface area contributed by atoms with E-state index in [1.807, 2.05) is 6.92 Å². The van der Waals surface area contributed by atoms with Crippen molar-refractivity contribution in [3.05, 3.63) is 87.9 Å². The minimum atomic E-state index is -4.21. The van der Waals surface area contributed by atoms with Crippen LogP contribution in [-0.2, 0) is 14.8 Å². The first kappa shape index (κ1) is 24.8. The van der Waals surface area contributed by atoms with Gasteiger partial charge in [0.25, 0.3) is 15.9 Å². The maximum absolute atomic E-state index is 13.4. The molecule has 0 bridgehead atoms. The summed E-state index contributed by atoms with van der Waals surface area (Å²) in [5, 5.41) is 0.387. The van der Waals surface area contributed by atoms with E-state index in [-0.39, 0.29) is 10.6 Å². The minimum absolute atomic E-state index is 0.0604. The van der Waals surface area contributed by atoms with Crippen LogP contribution in [0.5, 0.6) is 11.5 Å². The quantitative estimate of drug-likeness (QED) is 0.324. The zero-order valence-corrected chi connectivity index (χ0v) is 21.0. The highest BCUT2D eigenvalue weighted by Gasteiger charge is 2.29. The molecule has 0 unspecified atom stereocenters. The van der Waals surface area contributed by atoms with Gasteiger partial charge in [0.15, 0.2) is 0 Å². The summed E-state index contributed by atoms with van der Waals surface area (Å²) in [7, 11) is -2.66. The topological polar surface area (TPSA) is 72.9 Å². The molecule has 0 aromatic heterocycles. The lowest BCUT2D eigenvalue weighted by atomic mass is 10.2. The van der Waals surface area contributed by atoms with Gasteiger partial charge in [0.1, 0.15) is 11.5 Å². The van der Waals surface area contributed by atoms with E-state index in [0.29, 0.717) is 33.2 Å². The molecule has 0 radical (unpaired) electrons. The molecular formula is C24H21BrClNO5S. The van der Waals surface area contributed by atoms with Gasteiger partial charge in [-0.05, 0) is 95.2 Å². The SMILES string of the molecule is CCOc1ccc(N(C(=O)/C=C/c2ccc(OC)c(Br)c2)S(=O)(=O)c2ccc(Cl)cc2)cc1. The van der Waals surface area contributed by atoms with Gasteiger partial charge in [0.05, 0.1) is 28.8 Å². The number of benzene rings is 3. The van der Waals surface area contributed by atoms with E-state index < -0.39 is 15.9 Å². The number of carbonyl (C=O) groups is 1. The van der Waals surface area contributed by atoms with Gasteiger partial charge in [-0.15, -0.1) is 0 Å². The lowest BCUT2D eigenvalue weighted by molar-refractivity contribution is -0.113. The number of nitrogens with zero attached hydrogens (tertiary/aromatic N) is 1. The molecule has 3 aromatic carbocycles. The molecule has 1 amide bonds. The molecule has 0 atom stereocenters. The summed E-state index contributed by atoms with van der Waals surface area (Å²) in [6.45, 7) is 2.31. The van der Waals surface area contributed by atoms with Gasteiger partial charge in [-0.2, -0.15) is 4.31 Å². The molecular weight excluding hydrogens is 530 g/mol. The van der Waals surface area contributed by atoms with Crippen molar-refractivity contribution in [2.45, 2.75) is 11.8 Å². The van der Waals surface area contributed by atoms with Crippen molar-refractivity contribution < 1.29 is 22.7 Å². The van der Waals surface area contributed by atoms with Gasteiger partial charge in [-0.25, -0.2) is 8.42 Å². The third-order valence-electron chi connectivity index (χ3n) is 4.53. The Morgan fingerprint density at radius 1 is 1.06 bits per heavy atom. The summed E-state index contributed by atoms with van der Waals surface area (Å²) >= 11 is 9.30. The summed E-state index contributed by atoms with van der Waals surface area (Å²) in [5.74, 6) is 0.469. The third-order valence-corrected chi connectivity index (χ3v) is 7.14. The van der Waals surface area contributed by atoms with E-state index in [1.54, 1.807) is 37.4 Å². The van der Waals surface area contributed by atoms with Crippen LogP contribution in [0, 0.1) is 0 Å². The van der Waals surface area contributed by atoms with Crippen LogP contribution in [0.4, 0.5) is 5.69 Å². The standard InChI is InChI=1S/C24H21BrClNO5S/c1-3-32-20-10-8-19(9-11-20)27(33(29,30)21-12-6-18(26)7-13-21)24(28)15-5-17-4-14-23(31-2)22(25)16-17/h4-16H,3H2,1-2H3/b15-5+. The number of sulfonamides is 1. The molecule has 0 aliphatic rings. The van der Waals surface area contributed by atoms with Crippen molar-refractivity contribution in [3.8, 4) is 11.5 Å². The van der Waals surface area contributed by atoms with Crippen LogP contribution < -0.4 is 13.8 Å². The molecule has 0 N–H and O–H groups in total. The van der Waals surface area contributed by atoms with Gasteiger partial charge >= 0.3 is 0 Å². The Hall–Kier alpha value is -2.81. The first-order chi connectivity index (χ1) is 15.8. The van der Waals surface area contributed by atoms with Crippen LogP contribution in [-0.4, -0.2) is 28.0 Å². The van der Waals surface area contributed by atoms with E-state index in [4.69, 9.17) is 21.1 Å². The number of carbonyl (C=O) groups excluding carboxylic acids is 1. The first-order valence-corrected chi connectivity index (χ1v) is 12.5. The molecule has 3 rings (SSSR count). The summed E-state index contributed by atoms with van der Waals surface area (Å²) in [6, 6.07) is 17.2. The van der Waals surface area contributed by atoms with Crippen molar-refractivity contribution in [1.82, 2.24) is 0 Å². The highest BCUT2D eigenvalue weighted by atomic mass is 79.9. The Morgan fingerprint density at radius 2 is 1.73 bits per heavy atom. The molecule has 0 aliphatic heterocycles. The van der Waals surface area contributed by atoms with Crippen LogP contribution in [0.15, 0.2) is 82.2 Å². The van der Waals surface area contributed by atoms with Crippen LogP contribution in [0.2, 0.25) is 5.02 Å². The van der Waals surface area contributed by atoms with Crippen LogP contribution >= 0.6 is 27.5 Å². The number of hydrogen-bond donors (Lipinski definition) is 0. The predicted octanol–water partition coefficient (Wildman–Crippen LogP) is 5.95. The highest BCUT2D eigenvalue weighted by molar-refractivity contribution is 9.10. The number of rotatable bonds is 8. The Balaban J connectivity index is 2.01. The van der Waals surface area contributed by atoms with Gasteiger partial charge in [-0.1, -0.05) is 17.7 Å². The van der Waals surface area contributed by atoms with Gasteiger partial charge < -0.3 is 9.47 Å². The molecule has 0 aliphatic carbocycles. The largest absolute Gasteiger partial charge is 0.496 e. The summed E-state index contributed by atoms with van der Waals surface area (Å²) in [4.78, 5) is 13.1. The van der Waals surface area contributed by atoms with E-state index in [0.717, 1.165) is 4.31 Å². The maximum atomic E-state index is 13.4. The second-order valence-corrected chi connectivity index (χ2v) is 9.79. The van der Waals surface area contributed by atoms with Crippen LogP contribution in [0.25, 0.3) is 6.08 Å².